The Labute approximate surface area is 264 Å². The molecule has 4 aliphatic heterocycles. The third-order valence-electron chi connectivity index (χ3n) is 10.6. The lowest BCUT2D eigenvalue weighted by Gasteiger charge is -2.31. The molecule has 9 rings (SSSR count). The molecule has 2 atom stereocenters. The van der Waals surface area contributed by atoms with Crippen LogP contribution in [0.3, 0.4) is 0 Å². The standard InChI is InChI=1S/C33H35ClFN7O3/c1-18-12-33(5-3-8-41(33)14-18)17-45-31-38-28-24-29(39-31)42-9-4-10-43-15-19(42)16-44-30(24)37-27(26(28)35)23-20-13-36-40-22(20)11-21(34)25(23)32(2)6-7-32/h11,13,19H,1,3-10,12,14-17H2,2H3,(H,36,40)/t19-,33-/m0/s1. The van der Waals surface area contributed by atoms with Crippen LogP contribution in [-0.2, 0) is 10.2 Å². The summed E-state index contributed by atoms with van der Waals surface area (Å²) in [6.07, 6.45) is 7.45. The zero-order valence-corrected chi connectivity index (χ0v) is 26.1. The van der Waals surface area contributed by atoms with Crippen LogP contribution in [0.2, 0.25) is 5.02 Å². The van der Waals surface area contributed by atoms with Crippen molar-refractivity contribution in [2.45, 2.75) is 62.4 Å². The van der Waals surface area contributed by atoms with Crippen molar-refractivity contribution in [1.29, 1.82) is 0 Å². The Balaban J connectivity index is 1.25. The summed E-state index contributed by atoms with van der Waals surface area (Å²) >= 11 is 6.92. The minimum Gasteiger partial charge on any atom is -0.475 e. The van der Waals surface area contributed by atoms with Gasteiger partial charge in [-0.25, -0.2) is 9.37 Å². The first-order valence-electron chi connectivity index (χ1n) is 15.9. The molecule has 4 aromatic rings. The summed E-state index contributed by atoms with van der Waals surface area (Å²) in [4.78, 5) is 19.2. The molecule has 3 aromatic heterocycles. The molecule has 3 saturated heterocycles. The summed E-state index contributed by atoms with van der Waals surface area (Å²) in [5, 5.41) is 9.04. The highest BCUT2D eigenvalue weighted by molar-refractivity contribution is 6.33. The fourth-order valence-electron chi connectivity index (χ4n) is 8.04. The van der Waals surface area contributed by atoms with Crippen molar-refractivity contribution in [2.75, 3.05) is 51.0 Å². The van der Waals surface area contributed by atoms with Gasteiger partial charge >= 0.3 is 6.01 Å². The number of fused-ring (bicyclic) bond motifs is 4. The number of ether oxygens (including phenoxy) is 3. The molecule has 0 unspecified atom stereocenters. The summed E-state index contributed by atoms with van der Waals surface area (Å²) in [7, 11) is 0. The number of rotatable bonds is 5. The van der Waals surface area contributed by atoms with E-state index >= 15 is 4.39 Å². The van der Waals surface area contributed by atoms with Crippen LogP contribution >= 0.6 is 11.6 Å². The topological polar surface area (TPSA) is 102 Å². The Hall–Kier alpha value is -3.54. The number of nitrogens with zero attached hydrogens (tertiary/aromatic N) is 6. The molecule has 45 heavy (non-hydrogen) atoms. The predicted molar refractivity (Wildman–Crippen MR) is 169 cm³/mol. The zero-order valence-electron chi connectivity index (χ0n) is 25.3. The second-order valence-corrected chi connectivity index (χ2v) is 14.1. The van der Waals surface area contributed by atoms with Gasteiger partial charge in [-0.05, 0) is 62.1 Å². The minimum absolute atomic E-state index is 0.117. The molecule has 1 saturated carbocycles. The van der Waals surface area contributed by atoms with E-state index in [0.29, 0.717) is 66.2 Å². The van der Waals surface area contributed by atoms with E-state index in [1.165, 1.54) is 5.57 Å². The van der Waals surface area contributed by atoms with E-state index in [1.807, 2.05) is 6.07 Å². The first kappa shape index (κ1) is 27.7. The van der Waals surface area contributed by atoms with E-state index in [4.69, 9.17) is 40.8 Å². The second kappa shape index (κ2) is 9.98. The van der Waals surface area contributed by atoms with Gasteiger partial charge in [0.15, 0.2) is 5.82 Å². The Kier molecular flexibility index (Phi) is 6.15. The van der Waals surface area contributed by atoms with Crippen LogP contribution < -0.4 is 14.4 Å². The minimum atomic E-state index is -0.555. The molecule has 4 fully saturated rings. The molecule has 1 N–H and O–H groups in total. The van der Waals surface area contributed by atoms with Gasteiger partial charge in [0.2, 0.25) is 5.88 Å². The van der Waals surface area contributed by atoms with E-state index in [1.54, 1.807) is 6.20 Å². The molecule has 0 radical (unpaired) electrons. The molecule has 12 heteroatoms. The number of anilines is 1. The molecule has 0 spiro atoms. The lowest BCUT2D eigenvalue weighted by molar-refractivity contribution is 0.108. The van der Waals surface area contributed by atoms with Crippen LogP contribution in [0, 0.1) is 5.82 Å². The van der Waals surface area contributed by atoms with Crippen molar-refractivity contribution in [3.63, 3.8) is 0 Å². The number of pyridine rings is 1. The number of halogens is 2. The lowest BCUT2D eigenvalue weighted by Crippen LogP contribution is -2.43. The zero-order chi connectivity index (χ0) is 30.5. The molecule has 1 aromatic carbocycles. The number of H-pyrrole nitrogens is 1. The molecular formula is C33H35ClFN7O3. The quantitative estimate of drug-likeness (QED) is 0.283. The molecular weight excluding hydrogens is 597 g/mol. The Bertz CT molecular complexity index is 1890. The van der Waals surface area contributed by atoms with Gasteiger partial charge in [-0.3, -0.25) is 10.00 Å². The maximum atomic E-state index is 17.3. The molecule has 1 aliphatic carbocycles. The first-order chi connectivity index (χ1) is 21.8. The smallest absolute Gasteiger partial charge is 0.319 e. The van der Waals surface area contributed by atoms with Crippen molar-refractivity contribution in [1.82, 2.24) is 30.0 Å². The van der Waals surface area contributed by atoms with Gasteiger partial charge in [0.25, 0.3) is 0 Å². The Morgan fingerprint density at radius 3 is 2.93 bits per heavy atom. The van der Waals surface area contributed by atoms with E-state index in [-0.39, 0.29) is 34.2 Å². The highest BCUT2D eigenvalue weighted by Gasteiger charge is 2.47. The van der Waals surface area contributed by atoms with E-state index in [0.717, 1.165) is 62.6 Å². The second-order valence-electron chi connectivity index (χ2n) is 13.7. The SMILES string of the molecule is C=C1CN2CCC[C@@]2(COc2nc3c4c(nc(-c5c(C6(C)CC6)c(Cl)cc6[nH]ncc56)c(F)c4n2)OC[C@@H]2COCCCN32)C1. The first-order valence-corrected chi connectivity index (χ1v) is 16.3. The van der Waals surface area contributed by atoms with Gasteiger partial charge in [-0.2, -0.15) is 15.1 Å². The van der Waals surface area contributed by atoms with Crippen molar-refractivity contribution >= 4 is 39.2 Å². The number of nitrogens with one attached hydrogen (secondary N) is 1. The maximum Gasteiger partial charge on any atom is 0.319 e. The largest absolute Gasteiger partial charge is 0.475 e. The number of benzene rings is 1. The van der Waals surface area contributed by atoms with E-state index in [9.17, 15) is 0 Å². The third-order valence-corrected chi connectivity index (χ3v) is 10.9. The number of hydrogen-bond acceptors (Lipinski definition) is 9. The van der Waals surface area contributed by atoms with Crippen LogP contribution in [0.25, 0.3) is 33.1 Å². The van der Waals surface area contributed by atoms with Gasteiger partial charge in [0.05, 0.1) is 29.9 Å². The maximum absolute atomic E-state index is 17.3. The highest BCUT2D eigenvalue weighted by Crippen LogP contribution is 2.55. The average Bonchev–Trinajstić information content (AvgIpc) is 3.38. The predicted octanol–water partition coefficient (Wildman–Crippen LogP) is 5.57. The van der Waals surface area contributed by atoms with Crippen molar-refractivity contribution in [3.8, 4) is 23.1 Å². The van der Waals surface area contributed by atoms with Crippen LogP contribution in [0.4, 0.5) is 10.2 Å². The molecule has 234 valence electrons. The summed E-state index contributed by atoms with van der Waals surface area (Å²) in [6, 6.07) is 1.90. The van der Waals surface area contributed by atoms with Crippen LogP contribution in [-0.4, -0.2) is 87.7 Å². The summed E-state index contributed by atoms with van der Waals surface area (Å²) in [5.74, 6) is 0.314. The Morgan fingerprint density at radius 1 is 1.18 bits per heavy atom. The van der Waals surface area contributed by atoms with Crippen LogP contribution in [0.5, 0.6) is 11.9 Å². The van der Waals surface area contributed by atoms with E-state index < -0.39 is 5.82 Å². The lowest BCUT2D eigenvalue weighted by atomic mass is 9.88. The normalized spacial score (nSPS) is 25.6. The highest BCUT2D eigenvalue weighted by atomic mass is 35.5. The van der Waals surface area contributed by atoms with Gasteiger partial charge in [0, 0.05) is 35.7 Å². The number of aromatic amines is 1. The fourth-order valence-corrected chi connectivity index (χ4v) is 8.48. The van der Waals surface area contributed by atoms with Crippen molar-refractivity contribution in [2.24, 2.45) is 0 Å². The number of hydrogen-bond donors (Lipinski definition) is 1. The number of aromatic nitrogens is 5. The van der Waals surface area contributed by atoms with Crippen LogP contribution in [0.1, 0.15) is 51.0 Å². The molecule has 10 nitrogen and oxygen atoms in total. The van der Waals surface area contributed by atoms with Crippen LogP contribution in [0.15, 0.2) is 24.4 Å². The monoisotopic (exact) mass is 631 g/mol. The fraction of sp³-hybridized carbons (Fsp3) is 0.515. The molecule has 5 aliphatic rings. The van der Waals surface area contributed by atoms with Crippen molar-refractivity contribution < 1.29 is 18.6 Å². The van der Waals surface area contributed by atoms with E-state index in [2.05, 4.69) is 33.5 Å². The summed E-state index contributed by atoms with van der Waals surface area (Å²) < 4.78 is 36.0. The summed E-state index contributed by atoms with van der Waals surface area (Å²) in [6.45, 7) is 10.9. The van der Waals surface area contributed by atoms with Gasteiger partial charge in [-0.1, -0.05) is 30.7 Å². The van der Waals surface area contributed by atoms with Crippen molar-refractivity contribution in [3.05, 3.63) is 40.8 Å². The van der Waals surface area contributed by atoms with Gasteiger partial charge in [-0.15, -0.1) is 0 Å². The Morgan fingerprint density at radius 2 is 2.07 bits per heavy atom. The summed E-state index contributed by atoms with van der Waals surface area (Å²) in [5.41, 5.74) is 3.39. The molecule has 0 bridgehead atoms. The third kappa shape index (κ3) is 4.26. The van der Waals surface area contributed by atoms with Gasteiger partial charge in [0.1, 0.15) is 35.6 Å². The molecule has 7 heterocycles. The molecule has 0 amide bonds. The van der Waals surface area contributed by atoms with Gasteiger partial charge < -0.3 is 19.1 Å². The average molecular weight is 632 g/mol.